The summed E-state index contributed by atoms with van der Waals surface area (Å²) in [5, 5.41) is 3.22. The lowest BCUT2D eigenvalue weighted by molar-refractivity contribution is 0.111. The minimum atomic E-state index is -0.222. The predicted octanol–water partition coefficient (Wildman–Crippen LogP) is 3.35. The number of rotatable bonds is 7. The lowest BCUT2D eigenvalue weighted by atomic mass is 10.2. The van der Waals surface area contributed by atoms with Crippen molar-refractivity contribution >= 4 is 15.9 Å². The summed E-state index contributed by atoms with van der Waals surface area (Å²) >= 11 is 3.24. The Morgan fingerprint density at radius 3 is 2.88 bits per heavy atom. The maximum Gasteiger partial charge on any atom is 0.137 e. The van der Waals surface area contributed by atoms with Gasteiger partial charge in [-0.1, -0.05) is 26.0 Å². The van der Waals surface area contributed by atoms with E-state index in [0.29, 0.717) is 23.5 Å². The molecule has 96 valence electrons. The Bertz CT molecular complexity index is 344. The first-order valence-electron chi connectivity index (χ1n) is 5.82. The van der Waals surface area contributed by atoms with Gasteiger partial charge < -0.3 is 10.1 Å². The fraction of sp³-hybridized carbons (Fsp3) is 0.538. The first kappa shape index (κ1) is 14.6. The average Bonchev–Trinajstić information content (AvgIpc) is 2.28. The number of nitrogens with one attached hydrogen (secondary N) is 1. The molecule has 0 aromatic heterocycles. The molecule has 1 rings (SSSR count). The van der Waals surface area contributed by atoms with Crippen molar-refractivity contribution in [2.75, 3.05) is 19.8 Å². The minimum Gasteiger partial charge on any atom is -0.380 e. The Morgan fingerprint density at radius 2 is 2.18 bits per heavy atom. The normalized spacial score (nSPS) is 11.1. The molecule has 0 radical (unpaired) electrons. The fourth-order valence-corrected chi connectivity index (χ4v) is 1.78. The molecule has 0 heterocycles. The van der Waals surface area contributed by atoms with E-state index in [4.69, 9.17) is 4.74 Å². The van der Waals surface area contributed by atoms with Crippen LogP contribution in [0.2, 0.25) is 0 Å². The van der Waals surface area contributed by atoms with Crippen LogP contribution in [0.3, 0.4) is 0 Å². The van der Waals surface area contributed by atoms with E-state index in [2.05, 4.69) is 35.1 Å². The fourth-order valence-electron chi connectivity index (χ4n) is 1.37. The summed E-state index contributed by atoms with van der Waals surface area (Å²) in [6.07, 6.45) is 0. The van der Waals surface area contributed by atoms with E-state index in [0.717, 1.165) is 18.7 Å². The molecule has 0 fully saturated rings. The molecule has 0 aliphatic heterocycles. The molecule has 0 aliphatic carbocycles. The van der Waals surface area contributed by atoms with Crippen molar-refractivity contribution in [1.82, 2.24) is 5.32 Å². The Labute approximate surface area is 111 Å². The largest absolute Gasteiger partial charge is 0.380 e. The van der Waals surface area contributed by atoms with Crippen LogP contribution in [0.15, 0.2) is 22.7 Å². The first-order valence-corrected chi connectivity index (χ1v) is 6.62. The molecule has 0 amide bonds. The SMILES string of the molecule is CC(C)COCCNCc1cccc(F)c1Br. The van der Waals surface area contributed by atoms with Crippen molar-refractivity contribution in [3.05, 3.63) is 34.1 Å². The second kappa shape index (κ2) is 7.80. The standard InChI is InChI=1S/C13H19BrFNO/c1-10(2)9-17-7-6-16-8-11-4-3-5-12(15)13(11)14/h3-5,10,16H,6-9H2,1-2H3. The van der Waals surface area contributed by atoms with Gasteiger partial charge in [0.05, 0.1) is 11.1 Å². The molecule has 1 N–H and O–H groups in total. The molecular weight excluding hydrogens is 285 g/mol. The number of ether oxygens (including phenoxy) is 1. The van der Waals surface area contributed by atoms with E-state index in [-0.39, 0.29) is 5.82 Å². The monoisotopic (exact) mass is 303 g/mol. The Hall–Kier alpha value is -0.450. The summed E-state index contributed by atoms with van der Waals surface area (Å²) in [4.78, 5) is 0. The molecule has 4 heteroatoms. The van der Waals surface area contributed by atoms with Crippen LogP contribution in [-0.2, 0) is 11.3 Å². The van der Waals surface area contributed by atoms with Gasteiger partial charge in [-0.3, -0.25) is 0 Å². The van der Waals surface area contributed by atoms with Crippen molar-refractivity contribution in [2.24, 2.45) is 5.92 Å². The van der Waals surface area contributed by atoms with Crippen molar-refractivity contribution in [3.63, 3.8) is 0 Å². The summed E-state index contributed by atoms with van der Waals surface area (Å²) in [6.45, 7) is 7.13. The summed E-state index contributed by atoms with van der Waals surface area (Å²) < 4.78 is 19.2. The molecule has 0 saturated heterocycles. The highest BCUT2D eigenvalue weighted by molar-refractivity contribution is 9.10. The highest BCUT2D eigenvalue weighted by Crippen LogP contribution is 2.19. The predicted molar refractivity (Wildman–Crippen MR) is 71.5 cm³/mol. The van der Waals surface area contributed by atoms with Crippen LogP contribution in [0.5, 0.6) is 0 Å². The number of hydrogen-bond acceptors (Lipinski definition) is 2. The zero-order valence-corrected chi connectivity index (χ0v) is 11.9. The second-order valence-electron chi connectivity index (χ2n) is 4.36. The molecule has 1 aromatic rings. The minimum absolute atomic E-state index is 0.222. The van der Waals surface area contributed by atoms with Crippen molar-refractivity contribution in [2.45, 2.75) is 20.4 Å². The summed E-state index contributed by atoms with van der Waals surface area (Å²) in [5.74, 6) is 0.340. The molecule has 0 bridgehead atoms. The van der Waals surface area contributed by atoms with E-state index in [1.165, 1.54) is 6.07 Å². The summed E-state index contributed by atoms with van der Waals surface area (Å²) in [7, 11) is 0. The molecule has 0 unspecified atom stereocenters. The van der Waals surface area contributed by atoms with Gasteiger partial charge in [-0.25, -0.2) is 4.39 Å². The van der Waals surface area contributed by atoms with E-state index < -0.39 is 0 Å². The van der Waals surface area contributed by atoms with Gasteiger partial charge in [0.1, 0.15) is 5.82 Å². The van der Waals surface area contributed by atoms with Crippen LogP contribution in [0.1, 0.15) is 19.4 Å². The average molecular weight is 304 g/mol. The quantitative estimate of drug-likeness (QED) is 0.780. The zero-order valence-electron chi connectivity index (χ0n) is 10.3. The number of benzene rings is 1. The summed E-state index contributed by atoms with van der Waals surface area (Å²) in [5.41, 5.74) is 0.925. The van der Waals surface area contributed by atoms with Gasteiger partial charge in [0.15, 0.2) is 0 Å². The molecule has 17 heavy (non-hydrogen) atoms. The van der Waals surface area contributed by atoms with Crippen LogP contribution < -0.4 is 5.32 Å². The van der Waals surface area contributed by atoms with E-state index >= 15 is 0 Å². The van der Waals surface area contributed by atoms with Crippen LogP contribution in [0, 0.1) is 11.7 Å². The van der Waals surface area contributed by atoms with E-state index in [9.17, 15) is 4.39 Å². The van der Waals surface area contributed by atoms with Crippen LogP contribution in [0.4, 0.5) is 4.39 Å². The number of hydrogen-bond donors (Lipinski definition) is 1. The van der Waals surface area contributed by atoms with E-state index in [1.54, 1.807) is 6.07 Å². The van der Waals surface area contributed by atoms with Gasteiger partial charge >= 0.3 is 0 Å². The smallest absolute Gasteiger partial charge is 0.137 e. The first-order chi connectivity index (χ1) is 8.11. The van der Waals surface area contributed by atoms with Gasteiger partial charge in [0.2, 0.25) is 0 Å². The molecule has 0 spiro atoms. The molecule has 0 atom stereocenters. The Balaban J connectivity index is 2.20. The van der Waals surface area contributed by atoms with Crippen LogP contribution >= 0.6 is 15.9 Å². The lowest BCUT2D eigenvalue weighted by Crippen LogP contribution is -2.20. The van der Waals surface area contributed by atoms with Gasteiger partial charge in [-0.2, -0.15) is 0 Å². The topological polar surface area (TPSA) is 21.3 Å². The number of halogens is 2. The third kappa shape index (κ3) is 5.61. The third-order valence-electron chi connectivity index (χ3n) is 2.22. The van der Waals surface area contributed by atoms with Gasteiger partial charge in [0, 0.05) is 19.7 Å². The highest BCUT2D eigenvalue weighted by atomic mass is 79.9. The lowest BCUT2D eigenvalue weighted by Gasteiger charge is -2.09. The van der Waals surface area contributed by atoms with Gasteiger partial charge in [0.25, 0.3) is 0 Å². The van der Waals surface area contributed by atoms with Crippen LogP contribution in [0.25, 0.3) is 0 Å². The molecule has 1 aromatic carbocycles. The Morgan fingerprint density at radius 1 is 1.41 bits per heavy atom. The van der Waals surface area contributed by atoms with Crippen molar-refractivity contribution in [1.29, 1.82) is 0 Å². The molecule has 0 saturated carbocycles. The van der Waals surface area contributed by atoms with Crippen molar-refractivity contribution in [3.8, 4) is 0 Å². The summed E-state index contributed by atoms with van der Waals surface area (Å²) in [6, 6.07) is 5.06. The second-order valence-corrected chi connectivity index (χ2v) is 5.15. The van der Waals surface area contributed by atoms with Gasteiger partial charge in [-0.05, 0) is 33.5 Å². The zero-order chi connectivity index (χ0) is 12.7. The van der Waals surface area contributed by atoms with E-state index in [1.807, 2.05) is 6.07 Å². The Kier molecular flexibility index (Phi) is 6.70. The third-order valence-corrected chi connectivity index (χ3v) is 3.11. The van der Waals surface area contributed by atoms with Gasteiger partial charge in [-0.15, -0.1) is 0 Å². The van der Waals surface area contributed by atoms with Crippen molar-refractivity contribution < 1.29 is 9.13 Å². The van der Waals surface area contributed by atoms with Crippen LogP contribution in [-0.4, -0.2) is 19.8 Å². The highest BCUT2D eigenvalue weighted by Gasteiger charge is 2.03. The molecular formula is C13H19BrFNO. The molecule has 0 aliphatic rings. The molecule has 2 nitrogen and oxygen atoms in total. The maximum atomic E-state index is 13.2. The maximum absolute atomic E-state index is 13.2.